The summed E-state index contributed by atoms with van der Waals surface area (Å²) in [7, 11) is 0.959. The summed E-state index contributed by atoms with van der Waals surface area (Å²) in [5.74, 6) is 0.485. The molecule has 0 aromatic heterocycles. The maximum absolute atomic E-state index is 12.5. The predicted octanol–water partition coefficient (Wildman–Crippen LogP) is 3.15. The topological polar surface area (TPSA) is 75.7 Å². The van der Waals surface area contributed by atoms with E-state index in [4.69, 9.17) is 4.74 Å². The van der Waals surface area contributed by atoms with Gasteiger partial charge >= 0.3 is 0 Å². The molecule has 0 saturated heterocycles. The Morgan fingerprint density at radius 1 is 1.14 bits per heavy atom. The van der Waals surface area contributed by atoms with Gasteiger partial charge in [-0.25, -0.2) is 12.7 Å². The number of methoxy groups -OCH3 is 1. The molecule has 0 fully saturated rings. The molecule has 1 N–H and O–H groups in total. The maximum atomic E-state index is 12.5. The monoisotopic (exact) mass is 404 g/mol. The van der Waals surface area contributed by atoms with E-state index < -0.39 is 10.0 Å². The van der Waals surface area contributed by atoms with E-state index in [1.165, 1.54) is 27.3 Å². The van der Waals surface area contributed by atoms with Gasteiger partial charge in [-0.05, 0) is 42.2 Å². The molecule has 0 spiro atoms. The van der Waals surface area contributed by atoms with Gasteiger partial charge in [0.2, 0.25) is 15.9 Å². The molecular weight excluding hydrogens is 376 g/mol. The molecule has 0 aliphatic rings. The van der Waals surface area contributed by atoms with Crippen LogP contribution in [0, 0.1) is 0 Å². The van der Waals surface area contributed by atoms with Gasteiger partial charge in [0.05, 0.1) is 18.0 Å². The highest BCUT2D eigenvalue weighted by molar-refractivity contribution is 7.89. The van der Waals surface area contributed by atoms with Gasteiger partial charge in [-0.1, -0.05) is 37.3 Å². The average Bonchev–Trinajstić information content (AvgIpc) is 2.70. The zero-order valence-corrected chi connectivity index (χ0v) is 17.6. The number of benzene rings is 2. The summed E-state index contributed by atoms with van der Waals surface area (Å²) >= 11 is 0. The molecule has 152 valence electrons. The number of aryl methyl sites for hydroxylation is 1. The summed E-state index contributed by atoms with van der Waals surface area (Å²) in [4.78, 5) is 12.7. The fourth-order valence-corrected chi connectivity index (χ4v) is 3.90. The molecule has 0 aliphatic carbocycles. The third-order valence-corrected chi connectivity index (χ3v) is 6.41. The van der Waals surface area contributed by atoms with Crippen LogP contribution in [0.2, 0.25) is 0 Å². The lowest BCUT2D eigenvalue weighted by molar-refractivity contribution is -0.121. The second-order valence-electron chi connectivity index (χ2n) is 6.70. The number of nitrogens with one attached hydrogen (secondary N) is 1. The highest BCUT2D eigenvalue weighted by Crippen LogP contribution is 2.25. The molecule has 2 aromatic carbocycles. The molecule has 0 radical (unpaired) electrons. The van der Waals surface area contributed by atoms with Gasteiger partial charge in [0, 0.05) is 20.5 Å². The second-order valence-corrected chi connectivity index (χ2v) is 8.85. The van der Waals surface area contributed by atoms with Crippen LogP contribution in [-0.2, 0) is 21.2 Å². The number of carbonyl (C=O) groups excluding carboxylic acids is 1. The van der Waals surface area contributed by atoms with Gasteiger partial charge < -0.3 is 10.1 Å². The Balaban J connectivity index is 2.11. The van der Waals surface area contributed by atoms with Gasteiger partial charge in [-0.15, -0.1) is 0 Å². The van der Waals surface area contributed by atoms with Crippen molar-refractivity contribution in [1.29, 1.82) is 0 Å². The van der Waals surface area contributed by atoms with Crippen molar-refractivity contribution in [3.05, 3.63) is 59.7 Å². The first-order valence-electron chi connectivity index (χ1n) is 9.23. The number of ether oxygens (including phenoxy) is 1. The first kappa shape index (κ1) is 21.9. The summed E-state index contributed by atoms with van der Waals surface area (Å²) < 4.78 is 31.2. The predicted molar refractivity (Wildman–Crippen MR) is 110 cm³/mol. The van der Waals surface area contributed by atoms with Gasteiger partial charge in [0.25, 0.3) is 0 Å². The van der Waals surface area contributed by atoms with Crippen molar-refractivity contribution < 1.29 is 17.9 Å². The molecule has 0 unspecified atom stereocenters. The Labute approximate surface area is 167 Å². The van der Waals surface area contributed by atoms with Gasteiger partial charge in [-0.2, -0.15) is 0 Å². The third kappa shape index (κ3) is 5.33. The summed E-state index contributed by atoms with van der Waals surface area (Å²) in [5.41, 5.74) is 1.75. The number of carbonyl (C=O) groups is 1. The molecule has 1 amide bonds. The van der Waals surface area contributed by atoms with Crippen LogP contribution in [-0.4, -0.2) is 39.8 Å². The van der Waals surface area contributed by atoms with Crippen LogP contribution in [0.3, 0.4) is 0 Å². The lowest BCUT2D eigenvalue weighted by atomic mass is 10.0. The van der Waals surface area contributed by atoms with E-state index in [1.54, 1.807) is 12.1 Å². The first-order valence-corrected chi connectivity index (χ1v) is 10.7. The van der Waals surface area contributed by atoms with Crippen molar-refractivity contribution in [2.75, 3.05) is 21.2 Å². The van der Waals surface area contributed by atoms with Crippen molar-refractivity contribution in [2.24, 2.45) is 0 Å². The highest BCUT2D eigenvalue weighted by Gasteiger charge is 2.20. The van der Waals surface area contributed by atoms with Gasteiger partial charge in [0.1, 0.15) is 5.75 Å². The van der Waals surface area contributed by atoms with E-state index in [9.17, 15) is 13.2 Å². The third-order valence-electron chi connectivity index (χ3n) is 4.60. The van der Waals surface area contributed by atoms with E-state index in [0.29, 0.717) is 17.7 Å². The fourth-order valence-electron chi connectivity index (χ4n) is 2.94. The van der Waals surface area contributed by atoms with Crippen molar-refractivity contribution in [3.8, 4) is 5.75 Å². The molecule has 2 rings (SSSR count). The Morgan fingerprint density at radius 2 is 1.82 bits per heavy atom. The number of sulfonamides is 1. The van der Waals surface area contributed by atoms with E-state index in [2.05, 4.69) is 5.32 Å². The Kier molecular flexibility index (Phi) is 7.60. The van der Waals surface area contributed by atoms with Crippen LogP contribution < -0.4 is 10.1 Å². The second kappa shape index (κ2) is 9.71. The maximum Gasteiger partial charge on any atom is 0.242 e. The molecule has 0 bridgehead atoms. The summed E-state index contributed by atoms with van der Waals surface area (Å²) in [6, 6.07) is 14.5. The molecule has 2 aromatic rings. The zero-order valence-electron chi connectivity index (χ0n) is 16.8. The van der Waals surface area contributed by atoms with Crippen molar-refractivity contribution in [3.63, 3.8) is 0 Å². The largest absolute Gasteiger partial charge is 0.496 e. The smallest absolute Gasteiger partial charge is 0.242 e. The molecule has 0 heterocycles. The lowest BCUT2D eigenvalue weighted by Crippen LogP contribution is -2.28. The minimum atomic E-state index is -3.54. The molecular formula is C21H28N2O4S. The van der Waals surface area contributed by atoms with Crippen molar-refractivity contribution in [2.45, 2.75) is 37.1 Å². The number of rotatable bonds is 9. The number of nitrogens with zero attached hydrogens (tertiary/aromatic N) is 1. The molecule has 6 nitrogen and oxygen atoms in total. The highest BCUT2D eigenvalue weighted by atomic mass is 32.2. The van der Waals surface area contributed by atoms with Gasteiger partial charge in [0.15, 0.2) is 0 Å². The van der Waals surface area contributed by atoms with Crippen LogP contribution in [0.5, 0.6) is 5.75 Å². The zero-order chi connectivity index (χ0) is 20.7. The minimum absolute atomic E-state index is 0.0453. The molecule has 1 atom stereocenters. The summed E-state index contributed by atoms with van der Waals surface area (Å²) in [6.07, 6.45) is 1.41. The Hall–Kier alpha value is -2.38. The van der Waals surface area contributed by atoms with Crippen LogP contribution in [0.25, 0.3) is 0 Å². The SMILES string of the molecule is CC[C@@H](NC(=O)CCc1cc(S(=O)(=O)N(C)C)ccc1OC)c1ccccc1. The van der Waals surface area contributed by atoms with Crippen molar-refractivity contribution >= 4 is 15.9 Å². The quantitative estimate of drug-likeness (QED) is 0.697. The van der Waals surface area contributed by atoms with Crippen LogP contribution >= 0.6 is 0 Å². The summed E-state index contributed by atoms with van der Waals surface area (Å²) in [5, 5.41) is 3.05. The lowest BCUT2D eigenvalue weighted by Gasteiger charge is -2.18. The molecule has 7 heteroatoms. The molecule has 28 heavy (non-hydrogen) atoms. The Morgan fingerprint density at radius 3 is 2.39 bits per heavy atom. The Bertz CT molecular complexity index is 896. The number of amides is 1. The standard InChI is InChI=1S/C21H28N2O4S/c1-5-19(16-9-7-6-8-10-16)22-21(24)14-11-17-15-18(12-13-20(17)27-4)28(25,26)23(2)3/h6-10,12-13,15,19H,5,11,14H2,1-4H3,(H,22,24)/t19-/m1/s1. The van der Waals surface area contributed by atoms with E-state index in [1.807, 2.05) is 37.3 Å². The summed E-state index contributed by atoms with van der Waals surface area (Å²) in [6.45, 7) is 2.02. The molecule has 0 saturated carbocycles. The van der Waals surface area contributed by atoms with Crippen LogP contribution in [0.4, 0.5) is 0 Å². The normalized spacial score (nSPS) is 12.6. The van der Waals surface area contributed by atoms with Crippen molar-refractivity contribution in [1.82, 2.24) is 9.62 Å². The van der Waals surface area contributed by atoms with Crippen LogP contribution in [0.15, 0.2) is 53.4 Å². The van der Waals surface area contributed by atoms with Crippen LogP contribution in [0.1, 0.15) is 36.9 Å². The number of hydrogen-bond donors (Lipinski definition) is 1. The van der Waals surface area contributed by atoms with Gasteiger partial charge in [-0.3, -0.25) is 4.79 Å². The molecule has 0 aliphatic heterocycles. The number of hydrogen-bond acceptors (Lipinski definition) is 4. The van der Waals surface area contributed by atoms with E-state index >= 15 is 0 Å². The average molecular weight is 405 g/mol. The fraction of sp³-hybridized carbons (Fsp3) is 0.381. The van der Waals surface area contributed by atoms with E-state index in [-0.39, 0.29) is 23.3 Å². The van der Waals surface area contributed by atoms with E-state index in [0.717, 1.165) is 16.3 Å². The first-order chi connectivity index (χ1) is 13.3. The minimum Gasteiger partial charge on any atom is -0.496 e.